The van der Waals surface area contributed by atoms with Gasteiger partial charge in [0.15, 0.2) is 11.5 Å². The molecule has 1 N–H and O–H groups in total. The first kappa shape index (κ1) is 17.2. The zero-order chi connectivity index (χ0) is 18.6. The Balaban J connectivity index is 1.39. The Kier molecular flexibility index (Phi) is 4.82. The topological polar surface area (TPSA) is 79.6 Å². The Morgan fingerprint density at radius 1 is 1.07 bits per heavy atom. The number of likely N-dealkylation sites (tertiary alicyclic amines) is 1. The van der Waals surface area contributed by atoms with Crippen molar-refractivity contribution < 1.29 is 9.59 Å². The number of amides is 2. The molecule has 1 atom stereocenters. The van der Waals surface area contributed by atoms with Gasteiger partial charge in [0.2, 0.25) is 5.91 Å². The number of benzene rings is 1. The van der Waals surface area contributed by atoms with Crippen LogP contribution < -0.4 is 5.32 Å². The molecule has 0 spiro atoms. The largest absolute Gasteiger partial charge is 0.352 e. The van der Waals surface area contributed by atoms with Gasteiger partial charge in [-0.1, -0.05) is 24.3 Å². The van der Waals surface area contributed by atoms with E-state index in [2.05, 4.69) is 15.5 Å². The number of hydrogen-bond acceptors (Lipinski definition) is 4. The molecule has 7 heteroatoms. The van der Waals surface area contributed by atoms with Crippen LogP contribution in [0.3, 0.4) is 0 Å². The van der Waals surface area contributed by atoms with E-state index in [0.717, 1.165) is 24.3 Å². The Morgan fingerprint density at radius 3 is 2.74 bits per heavy atom. The third-order valence-corrected chi connectivity index (χ3v) is 4.87. The van der Waals surface area contributed by atoms with Gasteiger partial charge in [-0.3, -0.25) is 14.0 Å². The molecule has 1 aliphatic rings. The number of rotatable bonds is 5. The van der Waals surface area contributed by atoms with E-state index in [4.69, 9.17) is 0 Å². The van der Waals surface area contributed by atoms with Crippen LogP contribution in [-0.2, 0) is 4.79 Å². The summed E-state index contributed by atoms with van der Waals surface area (Å²) in [6, 6.07) is 14.7. The SMILES string of the molecule is O=C(NCCC(=O)N1CCC[C@@H]1c1nnc2ccccn12)c1ccccc1. The summed E-state index contributed by atoms with van der Waals surface area (Å²) in [6.07, 6.45) is 4.00. The molecule has 1 aliphatic heterocycles. The molecule has 3 heterocycles. The fourth-order valence-corrected chi connectivity index (χ4v) is 3.54. The monoisotopic (exact) mass is 363 g/mol. The van der Waals surface area contributed by atoms with Gasteiger partial charge >= 0.3 is 0 Å². The maximum absolute atomic E-state index is 12.7. The van der Waals surface area contributed by atoms with Crippen LogP contribution in [0.5, 0.6) is 0 Å². The second kappa shape index (κ2) is 7.57. The predicted molar refractivity (Wildman–Crippen MR) is 100 cm³/mol. The Hall–Kier alpha value is -3.22. The highest BCUT2D eigenvalue weighted by atomic mass is 16.2. The summed E-state index contributed by atoms with van der Waals surface area (Å²) < 4.78 is 1.94. The summed E-state index contributed by atoms with van der Waals surface area (Å²) in [7, 11) is 0. The minimum absolute atomic E-state index is 0.0264. The first-order valence-electron chi connectivity index (χ1n) is 9.16. The van der Waals surface area contributed by atoms with E-state index in [9.17, 15) is 9.59 Å². The maximum atomic E-state index is 12.7. The fraction of sp³-hybridized carbons (Fsp3) is 0.300. The van der Waals surface area contributed by atoms with Crippen molar-refractivity contribution >= 4 is 17.5 Å². The van der Waals surface area contributed by atoms with Crippen LogP contribution in [0, 0.1) is 0 Å². The molecule has 7 nitrogen and oxygen atoms in total. The minimum Gasteiger partial charge on any atom is -0.352 e. The number of carbonyl (C=O) groups excluding carboxylic acids is 2. The molecule has 1 saturated heterocycles. The molecular formula is C20H21N5O2. The molecule has 0 unspecified atom stereocenters. The quantitative estimate of drug-likeness (QED) is 0.754. The average molecular weight is 363 g/mol. The molecule has 3 aromatic rings. The van der Waals surface area contributed by atoms with Crippen LogP contribution in [0.4, 0.5) is 0 Å². The Bertz CT molecular complexity index is 953. The van der Waals surface area contributed by atoms with E-state index in [1.54, 1.807) is 12.1 Å². The highest BCUT2D eigenvalue weighted by molar-refractivity contribution is 5.94. The highest BCUT2D eigenvalue weighted by Gasteiger charge is 2.32. The number of hydrogen-bond donors (Lipinski definition) is 1. The lowest BCUT2D eigenvalue weighted by atomic mass is 10.2. The van der Waals surface area contributed by atoms with Gasteiger partial charge in [0.25, 0.3) is 5.91 Å². The second-order valence-corrected chi connectivity index (χ2v) is 6.60. The predicted octanol–water partition coefficient (Wildman–Crippen LogP) is 2.21. The summed E-state index contributed by atoms with van der Waals surface area (Å²) in [5, 5.41) is 11.3. The van der Waals surface area contributed by atoms with E-state index in [-0.39, 0.29) is 24.3 Å². The molecule has 2 amide bonds. The summed E-state index contributed by atoms with van der Waals surface area (Å²) in [5.41, 5.74) is 1.38. The van der Waals surface area contributed by atoms with E-state index < -0.39 is 0 Å². The first-order chi connectivity index (χ1) is 13.2. The third-order valence-electron chi connectivity index (χ3n) is 4.87. The van der Waals surface area contributed by atoms with Gasteiger partial charge in [-0.2, -0.15) is 0 Å². The van der Waals surface area contributed by atoms with Crippen molar-refractivity contribution in [3.05, 3.63) is 66.1 Å². The van der Waals surface area contributed by atoms with E-state index in [1.165, 1.54) is 0 Å². The van der Waals surface area contributed by atoms with Crippen molar-refractivity contribution in [2.24, 2.45) is 0 Å². The zero-order valence-electron chi connectivity index (χ0n) is 14.9. The van der Waals surface area contributed by atoms with Gasteiger partial charge in [0, 0.05) is 31.3 Å². The zero-order valence-corrected chi connectivity index (χ0v) is 14.9. The van der Waals surface area contributed by atoms with Crippen LogP contribution in [0.15, 0.2) is 54.7 Å². The lowest BCUT2D eigenvalue weighted by molar-refractivity contribution is -0.132. The molecule has 1 aromatic carbocycles. The summed E-state index contributed by atoms with van der Waals surface area (Å²) in [5.74, 6) is 0.660. The Morgan fingerprint density at radius 2 is 1.89 bits per heavy atom. The highest BCUT2D eigenvalue weighted by Crippen LogP contribution is 2.31. The number of nitrogens with zero attached hydrogens (tertiary/aromatic N) is 4. The second-order valence-electron chi connectivity index (χ2n) is 6.60. The lowest BCUT2D eigenvalue weighted by Crippen LogP contribution is -2.34. The van der Waals surface area contributed by atoms with Crippen LogP contribution in [-0.4, -0.2) is 44.4 Å². The summed E-state index contributed by atoms with van der Waals surface area (Å²) >= 11 is 0. The van der Waals surface area contributed by atoms with Crippen molar-refractivity contribution in [2.75, 3.05) is 13.1 Å². The number of fused-ring (bicyclic) bond motifs is 1. The molecule has 138 valence electrons. The number of nitrogens with one attached hydrogen (secondary N) is 1. The van der Waals surface area contributed by atoms with Gasteiger partial charge in [-0.05, 0) is 37.1 Å². The van der Waals surface area contributed by atoms with Gasteiger partial charge in [0.1, 0.15) is 0 Å². The molecule has 1 fully saturated rings. The minimum atomic E-state index is -0.162. The van der Waals surface area contributed by atoms with E-state index in [0.29, 0.717) is 18.7 Å². The Labute approximate surface area is 157 Å². The summed E-state index contributed by atoms with van der Waals surface area (Å²) in [6.45, 7) is 1.02. The van der Waals surface area contributed by atoms with Crippen molar-refractivity contribution in [1.82, 2.24) is 24.8 Å². The summed E-state index contributed by atoms with van der Waals surface area (Å²) in [4.78, 5) is 26.7. The average Bonchev–Trinajstić information content (AvgIpc) is 3.35. The van der Waals surface area contributed by atoms with Crippen molar-refractivity contribution in [2.45, 2.75) is 25.3 Å². The van der Waals surface area contributed by atoms with E-state index >= 15 is 0 Å². The van der Waals surface area contributed by atoms with Crippen LogP contribution in [0.25, 0.3) is 5.65 Å². The number of pyridine rings is 1. The van der Waals surface area contributed by atoms with Crippen LogP contribution in [0.2, 0.25) is 0 Å². The van der Waals surface area contributed by atoms with Crippen LogP contribution in [0.1, 0.15) is 41.5 Å². The van der Waals surface area contributed by atoms with E-state index in [1.807, 2.05) is 51.9 Å². The normalized spacial score (nSPS) is 16.6. The van der Waals surface area contributed by atoms with Gasteiger partial charge in [-0.25, -0.2) is 0 Å². The molecule has 0 bridgehead atoms. The van der Waals surface area contributed by atoms with Crippen molar-refractivity contribution in [1.29, 1.82) is 0 Å². The number of carbonyl (C=O) groups is 2. The van der Waals surface area contributed by atoms with Crippen LogP contribution >= 0.6 is 0 Å². The van der Waals surface area contributed by atoms with Crippen molar-refractivity contribution in [3.63, 3.8) is 0 Å². The molecule has 2 aromatic heterocycles. The van der Waals surface area contributed by atoms with Gasteiger partial charge in [-0.15, -0.1) is 10.2 Å². The molecular weight excluding hydrogens is 342 g/mol. The van der Waals surface area contributed by atoms with Gasteiger partial charge < -0.3 is 10.2 Å². The molecule has 0 radical (unpaired) electrons. The van der Waals surface area contributed by atoms with Crippen molar-refractivity contribution in [3.8, 4) is 0 Å². The molecule has 0 aliphatic carbocycles. The first-order valence-corrected chi connectivity index (χ1v) is 9.16. The molecule has 0 saturated carbocycles. The fourth-order valence-electron chi connectivity index (χ4n) is 3.54. The smallest absolute Gasteiger partial charge is 0.251 e. The number of aromatic nitrogens is 3. The standard InChI is InChI=1S/C20H21N5O2/c26-18(11-12-21-20(27)15-7-2-1-3-8-15)24-14-6-9-16(24)19-23-22-17-10-4-5-13-25(17)19/h1-5,7-8,10,13,16H,6,9,11-12,14H2,(H,21,27)/t16-/m1/s1. The molecule has 27 heavy (non-hydrogen) atoms. The maximum Gasteiger partial charge on any atom is 0.251 e. The van der Waals surface area contributed by atoms with Gasteiger partial charge in [0.05, 0.1) is 6.04 Å². The molecule has 4 rings (SSSR count). The third kappa shape index (κ3) is 3.53. The lowest BCUT2D eigenvalue weighted by Gasteiger charge is -2.23.